The lowest BCUT2D eigenvalue weighted by atomic mass is 9.86. The van der Waals surface area contributed by atoms with Gasteiger partial charge in [0.1, 0.15) is 0 Å². The summed E-state index contributed by atoms with van der Waals surface area (Å²) in [7, 11) is 1.43. The molecule has 114 valence electrons. The summed E-state index contributed by atoms with van der Waals surface area (Å²) in [6.07, 6.45) is 3.22. The largest absolute Gasteiger partial charge is 0.469 e. The average Bonchev–Trinajstić information content (AvgIpc) is 2.50. The highest BCUT2D eigenvalue weighted by molar-refractivity contribution is 5.96. The van der Waals surface area contributed by atoms with Gasteiger partial charge >= 0.3 is 5.97 Å². The number of carbonyl (C=O) groups is 2. The van der Waals surface area contributed by atoms with Crippen LogP contribution in [0.25, 0.3) is 0 Å². The maximum absolute atomic E-state index is 12.4. The van der Waals surface area contributed by atoms with E-state index in [1.165, 1.54) is 7.11 Å². The molecule has 1 amide bonds. The smallest absolute Gasteiger partial charge is 0.308 e. The first-order chi connectivity index (χ1) is 10.0. The molecule has 0 saturated heterocycles. The van der Waals surface area contributed by atoms with Crippen LogP contribution in [0.4, 0.5) is 0 Å². The van der Waals surface area contributed by atoms with Crippen LogP contribution in [-0.4, -0.2) is 25.0 Å². The summed E-state index contributed by atoms with van der Waals surface area (Å²) in [5.74, 6) is -0.157. The third-order valence-corrected chi connectivity index (χ3v) is 4.45. The summed E-state index contributed by atoms with van der Waals surface area (Å²) in [6, 6.07) is 5.93. The van der Waals surface area contributed by atoms with Crippen LogP contribution < -0.4 is 5.32 Å². The number of hydrogen-bond donors (Lipinski definition) is 1. The molecule has 0 unspecified atom stereocenters. The third kappa shape index (κ3) is 3.63. The van der Waals surface area contributed by atoms with Gasteiger partial charge in [-0.3, -0.25) is 9.59 Å². The molecule has 1 aliphatic carbocycles. The summed E-state index contributed by atoms with van der Waals surface area (Å²) in [6.45, 7) is 3.98. The highest BCUT2D eigenvalue weighted by Gasteiger charge is 2.27. The number of amides is 1. The molecule has 0 aromatic heterocycles. The first-order valence-corrected chi connectivity index (χ1v) is 7.47. The first kappa shape index (κ1) is 15.5. The van der Waals surface area contributed by atoms with Crippen LogP contribution in [0.2, 0.25) is 0 Å². The summed E-state index contributed by atoms with van der Waals surface area (Å²) in [5.41, 5.74) is 2.89. The lowest BCUT2D eigenvalue weighted by Gasteiger charge is -2.27. The minimum absolute atomic E-state index is 0.0103. The van der Waals surface area contributed by atoms with E-state index in [0.717, 1.165) is 42.4 Å². The monoisotopic (exact) mass is 289 g/mol. The molecular weight excluding hydrogens is 266 g/mol. The second kappa shape index (κ2) is 6.74. The van der Waals surface area contributed by atoms with E-state index < -0.39 is 0 Å². The Hall–Kier alpha value is -1.84. The quantitative estimate of drug-likeness (QED) is 0.871. The first-order valence-electron chi connectivity index (χ1n) is 7.47. The molecule has 1 aromatic rings. The Kier molecular flexibility index (Phi) is 4.99. The molecule has 0 radical (unpaired) electrons. The molecule has 4 heteroatoms. The molecule has 0 bridgehead atoms. The van der Waals surface area contributed by atoms with Gasteiger partial charge < -0.3 is 10.1 Å². The molecule has 1 fully saturated rings. The maximum Gasteiger partial charge on any atom is 0.308 e. The molecular formula is C17H23NO3. The number of esters is 1. The van der Waals surface area contributed by atoms with Crippen molar-refractivity contribution in [2.24, 2.45) is 5.92 Å². The topological polar surface area (TPSA) is 55.4 Å². The van der Waals surface area contributed by atoms with Crippen LogP contribution in [0.3, 0.4) is 0 Å². The number of methoxy groups -OCH3 is 1. The Labute approximate surface area is 125 Å². The van der Waals surface area contributed by atoms with E-state index in [1.54, 1.807) is 0 Å². The van der Waals surface area contributed by atoms with E-state index in [2.05, 4.69) is 5.32 Å². The Balaban J connectivity index is 1.93. The van der Waals surface area contributed by atoms with Crippen molar-refractivity contribution in [2.75, 3.05) is 7.11 Å². The Morgan fingerprint density at radius 3 is 2.43 bits per heavy atom. The molecule has 2 rings (SSSR count). The summed E-state index contributed by atoms with van der Waals surface area (Å²) >= 11 is 0. The lowest BCUT2D eigenvalue weighted by molar-refractivity contribution is -0.146. The Morgan fingerprint density at radius 1 is 1.14 bits per heavy atom. The predicted octanol–water partition coefficient (Wildman–Crippen LogP) is 2.77. The summed E-state index contributed by atoms with van der Waals surface area (Å²) in [5, 5.41) is 3.09. The van der Waals surface area contributed by atoms with Gasteiger partial charge in [-0.1, -0.05) is 12.1 Å². The molecule has 1 aromatic carbocycles. The van der Waals surface area contributed by atoms with Crippen molar-refractivity contribution in [2.45, 2.75) is 45.6 Å². The second-order valence-electron chi connectivity index (χ2n) is 5.79. The van der Waals surface area contributed by atoms with Crippen LogP contribution in [0.1, 0.15) is 47.2 Å². The van der Waals surface area contributed by atoms with Gasteiger partial charge in [-0.25, -0.2) is 0 Å². The third-order valence-electron chi connectivity index (χ3n) is 4.45. The van der Waals surface area contributed by atoms with Gasteiger partial charge in [0, 0.05) is 11.6 Å². The van der Waals surface area contributed by atoms with E-state index >= 15 is 0 Å². The van der Waals surface area contributed by atoms with Gasteiger partial charge in [0.15, 0.2) is 0 Å². The van der Waals surface area contributed by atoms with Crippen LogP contribution in [0, 0.1) is 19.8 Å². The lowest BCUT2D eigenvalue weighted by Crippen LogP contribution is -2.39. The van der Waals surface area contributed by atoms with E-state index in [-0.39, 0.29) is 23.8 Å². The minimum Gasteiger partial charge on any atom is -0.469 e. The fourth-order valence-electron chi connectivity index (χ4n) is 2.90. The zero-order chi connectivity index (χ0) is 15.4. The predicted molar refractivity (Wildman–Crippen MR) is 81.1 cm³/mol. The molecule has 21 heavy (non-hydrogen) atoms. The van der Waals surface area contributed by atoms with Gasteiger partial charge in [0.05, 0.1) is 13.0 Å². The second-order valence-corrected chi connectivity index (χ2v) is 5.79. The van der Waals surface area contributed by atoms with E-state index in [9.17, 15) is 9.59 Å². The number of ether oxygens (including phenoxy) is 1. The van der Waals surface area contributed by atoms with Crippen molar-refractivity contribution < 1.29 is 14.3 Å². The Bertz CT molecular complexity index is 531. The van der Waals surface area contributed by atoms with Crippen LogP contribution >= 0.6 is 0 Å². The van der Waals surface area contributed by atoms with E-state index in [4.69, 9.17) is 4.74 Å². The number of rotatable bonds is 3. The molecule has 0 spiro atoms. The highest BCUT2D eigenvalue weighted by atomic mass is 16.5. The van der Waals surface area contributed by atoms with Gasteiger partial charge in [-0.15, -0.1) is 0 Å². The van der Waals surface area contributed by atoms with Crippen molar-refractivity contribution in [1.29, 1.82) is 0 Å². The Morgan fingerprint density at radius 2 is 1.81 bits per heavy atom. The molecule has 0 aliphatic heterocycles. The molecule has 4 nitrogen and oxygen atoms in total. The van der Waals surface area contributed by atoms with Gasteiger partial charge in [0.25, 0.3) is 5.91 Å². The molecule has 1 saturated carbocycles. The zero-order valence-electron chi connectivity index (χ0n) is 12.9. The van der Waals surface area contributed by atoms with Gasteiger partial charge in [-0.2, -0.15) is 0 Å². The van der Waals surface area contributed by atoms with Crippen molar-refractivity contribution in [3.8, 4) is 0 Å². The molecule has 1 aliphatic rings. The van der Waals surface area contributed by atoms with Gasteiger partial charge in [-0.05, 0) is 56.7 Å². The van der Waals surface area contributed by atoms with Crippen molar-refractivity contribution in [1.82, 2.24) is 5.32 Å². The maximum atomic E-state index is 12.4. The summed E-state index contributed by atoms with van der Waals surface area (Å²) in [4.78, 5) is 23.8. The average molecular weight is 289 g/mol. The van der Waals surface area contributed by atoms with Crippen LogP contribution in [-0.2, 0) is 9.53 Å². The normalized spacial score (nSPS) is 21.7. The fourth-order valence-corrected chi connectivity index (χ4v) is 2.90. The number of nitrogens with one attached hydrogen (secondary N) is 1. The highest BCUT2D eigenvalue weighted by Crippen LogP contribution is 2.25. The standard InChI is InChI=1S/C17H23NO3/c1-11-5-4-6-15(12(11)2)16(19)18-14-9-7-13(8-10-14)17(20)21-3/h4-6,13-14H,7-10H2,1-3H3,(H,18,19). The summed E-state index contributed by atoms with van der Waals surface area (Å²) < 4.78 is 4.78. The molecule has 0 heterocycles. The number of hydrogen-bond acceptors (Lipinski definition) is 3. The van der Waals surface area contributed by atoms with E-state index in [1.807, 2.05) is 32.0 Å². The minimum atomic E-state index is -0.130. The van der Waals surface area contributed by atoms with E-state index in [0.29, 0.717) is 0 Å². The van der Waals surface area contributed by atoms with Crippen LogP contribution in [0.5, 0.6) is 0 Å². The van der Waals surface area contributed by atoms with Gasteiger partial charge in [0.2, 0.25) is 0 Å². The molecule has 0 atom stereocenters. The van der Waals surface area contributed by atoms with Crippen molar-refractivity contribution >= 4 is 11.9 Å². The fraction of sp³-hybridized carbons (Fsp3) is 0.529. The number of carbonyl (C=O) groups excluding carboxylic acids is 2. The van der Waals surface area contributed by atoms with Crippen molar-refractivity contribution in [3.05, 3.63) is 34.9 Å². The number of aryl methyl sites for hydroxylation is 1. The van der Waals surface area contributed by atoms with Crippen LogP contribution in [0.15, 0.2) is 18.2 Å². The molecule has 1 N–H and O–H groups in total. The SMILES string of the molecule is COC(=O)C1CCC(NC(=O)c2cccc(C)c2C)CC1. The zero-order valence-corrected chi connectivity index (χ0v) is 12.9. The number of benzene rings is 1. The van der Waals surface area contributed by atoms with Crippen molar-refractivity contribution in [3.63, 3.8) is 0 Å².